The predicted octanol–water partition coefficient (Wildman–Crippen LogP) is 6.47. The van der Waals surface area contributed by atoms with Gasteiger partial charge >= 0.3 is 6.01 Å². The minimum Gasteiger partial charge on any atom is -0.508 e. The van der Waals surface area contributed by atoms with Gasteiger partial charge in [-0.15, -0.1) is 0 Å². The van der Waals surface area contributed by atoms with Crippen molar-refractivity contribution in [3.05, 3.63) is 46.9 Å². The van der Waals surface area contributed by atoms with E-state index in [9.17, 15) is 14.3 Å². The molecule has 9 heteroatoms. The zero-order chi connectivity index (χ0) is 30.1. The largest absolute Gasteiger partial charge is 0.508 e. The van der Waals surface area contributed by atoms with Crippen LogP contribution in [0.2, 0.25) is 0 Å². The Bertz CT molecular complexity index is 1500. The van der Waals surface area contributed by atoms with Crippen molar-refractivity contribution >= 4 is 28.2 Å². The van der Waals surface area contributed by atoms with Gasteiger partial charge in [-0.3, -0.25) is 4.79 Å². The molecule has 0 unspecified atom stereocenters. The standard InChI is InChI=1S/C34H44FN5O3/c1-4-25-26(35)13-12-23-18-24(41)19-28(29(23)25)40-20-27-30(32(40)42)31(39-16-10-5-6-11-17-39)37-33(36-27)43-22-34(2,3)21-38-14-8-7-9-15-38/h12-13,18-19,41H,4-11,14-17,20-22H2,1-3H3. The van der Waals surface area contributed by atoms with Crippen molar-refractivity contribution in [1.29, 1.82) is 0 Å². The third kappa shape index (κ3) is 6.14. The first-order chi connectivity index (χ1) is 20.7. The molecule has 0 saturated carbocycles. The molecule has 3 aliphatic rings. The number of benzene rings is 2. The van der Waals surface area contributed by atoms with Crippen LogP contribution >= 0.6 is 0 Å². The number of halogens is 1. The quantitative estimate of drug-likeness (QED) is 0.323. The summed E-state index contributed by atoms with van der Waals surface area (Å²) in [7, 11) is 0. The molecule has 1 N–H and O–H groups in total. The summed E-state index contributed by atoms with van der Waals surface area (Å²) in [6.07, 6.45) is 8.62. The number of aromatic nitrogens is 2. The number of nitrogens with zero attached hydrogens (tertiary/aromatic N) is 5. The van der Waals surface area contributed by atoms with Gasteiger partial charge in [-0.05, 0) is 68.3 Å². The highest BCUT2D eigenvalue weighted by atomic mass is 19.1. The molecular formula is C34H44FN5O3. The normalized spacial score (nSPS) is 18.3. The van der Waals surface area contributed by atoms with Crippen LogP contribution in [-0.2, 0) is 13.0 Å². The molecule has 2 saturated heterocycles. The van der Waals surface area contributed by atoms with Gasteiger partial charge in [-0.25, -0.2) is 4.39 Å². The number of carbonyl (C=O) groups excluding carboxylic acids is 1. The summed E-state index contributed by atoms with van der Waals surface area (Å²) in [5.74, 6) is 0.0942. The minimum absolute atomic E-state index is 0.0266. The minimum atomic E-state index is -0.320. The SMILES string of the molecule is CCc1c(F)ccc2cc(O)cc(N3Cc4nc(OCC(C)(C)CN5CCCCC5)nc(N5CCCCCC5)c4C3=O)c12. The molecule has 6 rings (SSSR count). The first-order valence-corrected chi connectivity index (χ1v) is 16.0. The number of phenols is 1. The first-order valence-electron chi connectivity index (χ1n) is 16.0. The van der Waals surface area contributed by atoms with Crippen LogP contribution in [0.1, 0.15) is 87.3 Å². The number of anilines is 2. The molecule has 0 aliphatic carbocycles. The molecule has 3 aliphatic heterocycles. The predicted molar refractivity (Wildman–Crippen MR) is 168 cm³/mol. The lowest BCUT2D eigenvalue weighted by Gasteiger charge is -2.34. The van der Waals surface area contributed by atoms with E-state index in [1.807, 2.05) is 6.92 Å². The maximum atomic E-state index is 15.0. The molecule has 0 spiro atoms. The van der Waals surface area contributed by atoms with Gasteiger partial charge in [0.2, 0.25) is 0 Å². The molecule has 0 bridgehead atoms. The Morgan fingerprint density at radius 1 is 0.977 bits per heavy atom. The van der Waals surface area contributed by atoms with E-state index in [1.165, 1.54) is 25.3 Å². The summed E-state index contributed by atoms with van der Waals surface area (Å²) < 4.78 is 21.3. The molecule has 8 nitrogen and oxygen atoms in total. The molecule has 1 amide bonds. The number of phenolic OH excluding ortho intramolecular Hbond substituents is 1. The summed E-state index contributed by atoms with van der Waals surface area (Å²) >= 11 is 0. The maximum absolute atomic E-state index is 15.0. The van der Waals surface area contributed by atoms with E-state index in [0.29, 0.717) is 58.1 Å². The molecule has 0 atom stereocenters. The van der Waals surface area contributed by atoms with E-state index >= 15 is 0 Å². The van der Waals surface area contributed by atoms with Gasteiger partial charge in [-0.1, -0.05) is 46.1 Å². The Morgan fingerprint density at radius 2 is 1.67 bits per heavy atom. The second-order valence-electron chi connectivity index (χ2n) is 13.2. The molecule has 2 fully saturated rings. The van der Waals surface area contributed by atoms with Crippen LogP contribution < -0.4 is 14.5 Å². The lowest BCUT2D eigenvalue weighted by molar-refractivity contribution is 0.0980. The summed E-state index contributed by atoms with van der Waals surface area (Å²) in [5.41, 5.74) is 2.00. The van der Waals surface area contributed by atoms with Crippen LogP contribution in [-0.4, -0.2) is 65.2 Å². The Kier molecular flexibility index (Phi) is 8.45. The lowest BCUT2D eigenvalue weighted by Crippen LogP contribution is -2.40. The molecule has 0 radical (unpaired) electrons. The van der Waals surface area contributed by atoms with Crippen LogP contribution in [0.4, 0.5) is 15.9 Å². The van der Waals surface area contributed by atoms with Gasteiger partial charge in [0.25, 0.3) is 5.91 Å². The molecule has 230 valence electrons. The maximum Gasteiger partial charge on any atom is 0.318 e. The molecule has 2 aromatic carbocycles. The van der Waals surface area contributed by atoms with Gasteiger partial charge in [0.15, 0.2) is 0 Å². The van der Waals surface area contributed by atoms with Crippen LogP contribution in [0.3, 0.4) is 0 Å². The van der Waals surface area contributed by atoms with E-state index in [4.69, 9.17) is 14.7 Å². The average Bonchev–Trinajstić information content (AvgIpc) is 3.13. The Hall–Kier alpha value is -3.46. The van der Waals surface area contributed by atoms with Crippen molar-refractivity contribution < 1.29 is 19.0 Å². The van der Waals surface area contributed by atoms with E-state index in [2.05, 4.69) is 23.6 Å². The van der Waals surface area contributed by atoms with Crippen molar-refractivity contribution in [2.45, 2.75) is 78.7 Å². The molecule has 4 heterocycles. The number of aryl methyl sites for hydroxylation is 1. The second-order valence-corrected chi connectivity index (χ2v) is 13.2. The van der Waals surface area contributed by atoms with Crippen molar-refractivity contribution in [2.75, 3.05) is 49.1 Å². The Labute approximate surface area is 253 Å². The van der Waals surface area contributed by atoms with Crippen molar-refractivity contribution in [1.82, 2.24) is 14.9 Å². The summed E-state index contributed by atoms with van der Waals surface area (Å²) in [6, 6.07) is 6.54. The average molecular weight is 590 g/mol. The van der Waals surface area contributed by atoms with Gasteiger partial charge in [0, 0.05) is 36.5 Å². The number of carbonyl (C=O) groups is 1. The van der Waals surface area contributed by atoms with Crippen molar-refractivity contribution in [3.63, 3.8) is 0 Å². The molecule has 43 heavy (non-hydrogen) atoms. The number of hydrogen-bond acceptors (Lipinski definition) is 7. The first kappa shape index (κ1) is 29.6. The summed E-state index contributed by atoms with van der Waals surface area (Å²) in [5, 5.41) is 11.9. The number of amides is 1. The molecule has 3 aromatic rings. The highest BCUT2D eigenvalue weighted by molar-refractivity contribution is 6.16. The second kappa shape index (κ2) is 12.3. The van der Waals surface area contributed by atoms with E-state index in [0.717, 1.165) is 58.4 Å². The van der Waals surface area contributed by atoms with Gasteiger partial charge in [0.05, 0.1) is 24.5 Å². The van der Waals surface area contributed by atoms with Crippen LogP contribution in [0.25, 0.3) is 10.8 Å². The Balaban J connectivity index is 1.36. The number of piperidine rings is 1. The highest BCUT2D eigenvalue weighted by Gasteiger charge is 2.37. The fourth-order valence-corrected chi connectivity index (χ4v) is 7.00. The van der Waals surface area contributed by atoms with Crippen LogP contribution in [0, 0.1) is 11.2 Å². The zero-order valence-corrected chi connectivity index (χ0v) is 25.8. The highest BCUT2D eigenvalue weighted by Crippen LogP contribution is 2.41. The topological polar surface area (TPSA) is 82.0 Å². The number of likely N-dealkylation sites (tertiary alicyclic amines) is 1. The van der Waals surface area contributed by atoms with Crippen molar-refractivity contribution in [2.24, 2.45) is 5.41 Å². The summed E-state index contributed by atoms with van der Waals surface area (Å²) in [4.78, 5) is 30.3. The Morgan fingerprint density at radius 3 is 2.40 bits per heavy atom. The lowest BCUT2D eigenvalue weighted by atomic mass is 9.93. The fraction of sp³-hybridized carbons (Fsp3) is 0.559. The molecular weight excluding hydrogens is 545 g/mol. The van der Waals surface area contributed by atoms with Gasteiger partial charge < -0.3 is 24.5 Å². The third-order valence-electron chi connectivity index (χ3n) is 9.09. The molecule has 1 aromatic heterocycles. The fourth-order valence-electron chi connectivity index (χ4n) is 7.00. The van der Waals surface area contributed by atoms with Crippen LogP contribution in [0.5, 0.6) is 11.8 Å². The van der Waals surface area contributed by atoms with Crippen LogP contribution in [0.15, 0.2) is 24.3 Å². The van der Waals surface area contributed by atoms with Gasteiger partial charge in [-0.2, -0.15) is 9.97 Å². The number of ether oxygens (including phenoxy) is 1. The number of rotatable bonds is 8. The van der Waals surface area contributed by atoms with E-state index < -0.39 is 0 Å². The summed E-state index contributed by atoms with van der Waals surface area (Å²) in [6.45, 7) is 11.8. The zero-order valence-electron chi connectivity index (χ0n) is 25.8. The smallest absolute Gasteiger partial charge is 0.318 e. The van der Waals surface area contributed by atoms with Gasteiger partial charge in [0.1, 0.15) is 22.9 Å². The van der Waals surface area contributed by atoms with E-state index in [-0.39, 0.29) is 29.4 Å². The number of hydrogen-bond donors (Lipinski definition) is 1. The number of fused-ring (bicyclic) bond motifs is 2. The monoisotopic (exact) mass is 589 g/mol. The van der Waals surface area contributed by atoms with E-state index in [1.54, 1.807) is 23.1 Å². The number of aromatic hydroxyl groups is 1. The van der Waals surface area contributed by atoms with Crippen molar-refractivity contribution in [3.8, 4) is 11.8 Å². The third-order valence-corrected chi connectivity index (χ3v) is 9.09.